The summed E-state index contributed by atoms with van der Waals surface area (Å²) in [4.78, 5) is 0.00338. The van der Waals surface area contributed by atoms with Crippen LogP contribution in [0.1, 0.15) is 12.8 Å². The minimum absolute atomic E-state index is 0.00338. The molecule has 0 amide bonds. The fraction of sp³-hybridized carbons (Fsp3) is 0.333. The van der Waals surface area contributed by atoms with E-state index in [0.29, 0.717) is 23.3 Å². The third-order valence-electron chi connectivity index (χ3n) is 2.97. The average Bonchev–Trinajstić information content (AvgIpc) is 3.14. The highest BCUT2D eigenvalue weighted by atomic mass is 35.5. The number of rotatable bonds is 6. The van der Waals surface area contributed by atoms with Gasteiger partial charge in [0.15, 0.2) is 5.82 Å². The highest BCUT2D eigenvalue weighted by Crippen LogP contribution is 2.33. The van der Waals surface area contributed by atoms with Crippen molar-refractivity contribution in [3.8, 4) is 5.75 Å². The average molecular weight is 346 g/mol. The first kappa shape index (κ1) is 14.6. The molecule has 0 unspecified atom stereocenters. The van der Waals surface area contributed by atoms with Gasteiger partial charge in [-0.3, -0.25) is 4.72 Å². The molecule has 1 saturated carbocycles. The zero-order valence-corrected chi connectivity index (χ0v) is 13.2. The molecule has 112 valence electrons. The Morgan fingerprint density at radius 1 is 1.43 bits per heavy atom. The Morgan fingerprint density at radius 3 is 2.90 bits per heavy atom. The van der Waals surface area contributed by atoms with Crippen LogP contribution in [0.5, 0.6) is 5.75 Å². The van der Waals surface area contributed by atoms with Gasteiger partial charge in [-0.1, -0.05) is 11.6 Å². The molecule has 2 aromatic rings. The molecule has 1 N–H and O–H groups in total. The number of nitrogens with one attached hydrogen (secondary N) is 1. The van der Waals surface area contributed by atoms with Crippen molar-refractivity contribution in [1.29, 1.82) is 0 Å². The molecule has 1 aliphatic carbocycles. The van der Waals surface area contributed by atoms with E-state index in [4.69, 9.17) is 16.3 Å². The van der Waals surface area contributed by atoms with Gasteiger partial charge >= 0.3 is 0 Å². The second-order valence-electron chi connectivity index (χ2n) is 4.74. The van der Waals surface area contributed by atoms with E-state index in [0.717, 1.165) is 24.6 Å². The first-order valence-corrected chi connectivity index (χ1v) is 8.86. The number of hydrogen-bond acceptors (Lipinski definition) is 6. The van der Waals surface area contributed by atoms with Crippen LogP contribution >= 0.6 is 23.3 Å². The summed E-state index contributed by atoms with van der Waals surface area (Å²) in [5, 5.41) is 0.325. The van der Waals surface area contributed by atoms with Crippen LogP contribution in [0.4, 0.5) is 5.82 Å². The van der Waals surface area contributed by atoms with E-state index < -0.39 is 10.0 Å². The topological polar surface area (TPSA) is 81.2 Å². The summed E-state index contributed by atoms with van der Waals surface area (Å²) in [6.07, 6.45) is 3.59. The van der Waals surface area contributed by atoms with E-state index in [2.05, 4.69) is 13.5 Å². The van der Waals surface area contributed by atoms with Crippen LogP contribution in [0.25, 0.3) is 0 Å². The zero-order valence-electron chi connectivity index (χ0n) is 10.8. The maximum Gasteiger partial charge on any atom is 0.266 e. The molecule has 0 atom stereocenters. The summed E-state index contributed by atoms with van der Waals surface area (Å²) in [6, 6.07) is 4.54. The van der Waals surface area contributed by atoms with Gasteiger partial charge in [0.05, 0.1) is 24.5 Å². The number of halogens is 1. The molecule has 0 radical (unpaired) electrons. The maximum absolute atomic E-state index is 12.4. The minimum Gasteiger partial charge on any atom is -0.492 e. The molecule has 1 heterocycles. The Morgan fingerprint density at radius 2 is 2.24 bits per heavy atom. The smallest absolute Gasteiger partial charge is 0.266 e. The summed E-state index contributed by atoms with van der Waals surface area (Å²) in [7, 11) is -3.82. The van der Waals surface area contributed by atoms with Crippen LogP contribution < -0.4 is 9.46 Å². The molecule has 0 spiro atoms. The first-order valence-electron chi connectivity index (χ1n) is 6.27. The van der Waals surface area contributed by atoms with Crippen molar-refractivity contribution in [2.24, 2.45) is 5.92 Å². The Bertz CT molecular complexity index is 730. The SMILES string of the molecule is O=S(=O)(Nc1cnsn1)c1cc(Cl)ccc1OCC1CC1. The molecular weight excluding hydrogens is 334 g/mol. The predicted molar refractivity (Wildman–Crippen MR) is 80.4 cm³/mol. The van der Waals surface area contributed by atoms with Gasteiger partial charge in [-0.2, -0.15) is 8.75 Å². The number of nitrogens with zero attached hydrogens (tertiary/aromatic N) is 2. The van der Waals surface area contributed by atoms with Gasteiger partial charge in [0.1, 0.15) is 10.6 Å². The third-order valence-corrected chi connectivity index (χ3v) is 5.06. The summed E-state index contributed by atoms with van der Waals surface area (Å²) >= 11 is 6.83. The van der Waals surface area contributed by atoms with Crippen molar-refractivity contribution in [3.05, 3.63) is 29.4 Å². The third kappa shape index (κ3) is 3.63. The van der Waals surface area contributed by atoms with Crippen LogP contribution in [0.2, 0.25) is 5.02 Å². The van der Waals surface area contributed by atoms with E-state index >= 15 is 0 Å². The van der Waals surface area contributed by atoms with Gasteiger partial charge in [0, 0.05) is 5.02 Å². The Kier molecular flexibility index (Phi) is 4.01. The lowest BCUT2D eigenvalue weighted by Crippen LogP contribution is -2.15. The van der Waals surface area contributed by atoms with Gasteiger partial charge in [0.25, 0.3) is 10.0 Å². The van der Waals surface area contributed by atoms with E-state index in [1.807, 2.05) is 0 Å². The van der Waals surface area contributed by atoms with Gasteiger partial charge in [-0.25, -0.2) is 8.42 Å². The lowest BCUT2D eigenvalue weighted by Gasteiger charge is -2.12. The first-order chi connectivity index (χ1) is 10.0. The number of anilines is 1. The van der Waals surface area contributed by atoms with Crippen molar-refractivity contribution in [2.45, 2.75) is 17.7 Å². The fourth-order valence-electron chi connectivity index (χ4n) is 1.71. The Hall–Kier alpha value is -1.38. The van der Waals surface area contributed by atoms with E-state index in [1.54, 1.807) is 12.1 Å². The molecule has 6 nitrogen and oxygen atoms in total. The van der Waals surface area contributed by atoms with Gasteiger partial charge in [-0.15, -0.1) is 0 Å². The summed E-state index contributed by atoms with van der Waals surface area (Å²) < 4.78 is 40.4. The van der Waals surface area contributed by atoms with Crippen molar-refractivity contribution >= 4 is 39.2 Å². The molecule has 1 aromatic carbocycles. The van der Waals surface area contributed by atoms with Crippen molar-refractivity contribution in [2.75, 3.05) is 11.3 Å². The molecule has 0 bridgehead atoms. The minimum atomic E-state index is -3.82. The standard InChI is InChI=1S/C12H12ClN3O3S2/c13-9-3-4-10(19-7-8-1-2-8)11(5-9)21(17,18)16-12-6-14-20-15-12/h3-6,8H,1-2,7H2,(H,15,16). The molecule has 21 heavy (non-hydrogen) atoms. The lowest BCUT2D eigenvalue weighted by atomic mass is 10.3. The predicted octanol–water partition coefficient (Wildman–Crippen LogP) is 2.78. The largest absolute Gasteiger partial charge is 0.492 e. The fourth-order valence-corrected chi connectivity index (χ4v) is 3.53. The summed E-state index contributed by atoms with van der Waals surface area (Å²) in [5.41, 5.74) is 0. The number of aromatic nitrogens is 2. The van der Waals surface area contributed by atoms with E-state index in [9.17, 15) is 8.42 Å². The number of sulfonamides is 1. The van der Waals surface area contributed by atoms with Crippen molar-refractivity contribution < 1.29 is 13.2 Å². The van der Waals surface area contributed by atoms with Gasteiger partial charge in [-0.05, 0) is 37.0 Å². The van der Waals surface area contributed by atoms with Crippen molar-refractivity contribution in [3.63, 3.8) is 0 Å². The van der Waals surface area contributed by atoms with Crippen LogP contribution in [0.3, 0.4) is 0 Å². The monoisotopic (exact) mass is 345 g/mol. The Labute approximate surface area is 131 Å². The second kappa shape index (κ2) is 5.78. The van der Waals surface area contributed by atoms with Crippen LogP contribution in [-0.4, -0.2) is 23.8 Å². The molecule has 1 aromatic heterocycles. The molecule has 3 rings (SSSR count). The van der Waals surface area contributed by atoms with E-state index in [-0.39, 0.29) is 10.7 Å². The molecule has 1 fully saturated rings. The highest BCUT2D eigenvalue weighted by Gasteiger charge is 2.25. The van der Waals surface area contributed by atoms with Crippen LogP contribution in [-0.2, 0) is 10.0 Å². The normalized spacial score (nSPS) is 14.9. The van der Waals surface area contributed by atoms with Crippen LogP contribution in [0, 0.1) is 5.92 Å². The maximum atomic E-state index is 12.4. The second-order valence-corrected chi connectivity index (χ2v) is 7.39. The van der Waals surface area contributed by atoms with E-state index in [1.165, 1.54) is 12.3 Å². The number of benzene rings is 1. The van der Waals surface area contributed by atoms with Crippen LogP contribution in [0.15, 0.2) is 29.3 Å². The molecule has 9 heteroatoms. The quantitative estimate of drug-likeness (QED) is 0.870. The zero-order chi connectivity index (χ0) is 14.9. The molecular formula is C12H12ClN3O3S2. The van der Waals surface area contributed by atoms with Gasteiger partial charge < -0.3 is 4.74 Å². The molecule has 0 saturated heterocycles. The number of ether oxygens (including phenoxy) is 1. The Balaban J connectivity index is 1.88. The highest BCUT2D eigenvalue weighted by molar-refractivity contribution is 7.92. The lowest BCUT2D eigenvalue weighted by molar-refractivity contribution is 0.292. The van der Waals surface area contributed by atoms with Crippen molar-refractivity contribution in [1.82, 2.24) is 8.75 Å². The summed E-state index contributed by atoms with van der Waals surface area (Å²) in [6.45, 7) is 0.516. The molecule has 1 aliphatic rings. The summed E-state index contributed by atoms with van der Waals surface area (Å²) in [5.74, 6) is 0.988. The van der Waals surface area contributed by atoms with Gasteiger partial charge in [0.2, 0.25) is 0 Å². The number of hydrogen-bond donors (Lipinski definition) is 1. The molecule has 0 aliphatic heterocycles.